The van der Waals surface area contributed by atoms with Crippen LogP contribution in [0.1, 0.15) is 20.3 Å². The fourth-order valence-electron chi connectivity index (χ4n) is 1.22. The normalized spacial score (nSPS) is 22.2. The molecule has 0 aromatic heterocycles. The molecule has 1 heterocycles. The monoisotopic (exact) mass is 145 g/mol. The summed E-state index contributed by atoms with van der Waals surface area (Å²) in [6.07, 6.45) is 2.93. The maximum absolute atomic E-state index is 5.21. The molecule has 0 N–H and O–H groups in total. The first-order chi connectivity index (χ1) is 4.33. The van der Waals surface area contributed by atoms with E-state index in [4.69, 9.17) is 4.74 Å². The van der Waals surface area contributed by atoms with E-state index in [1.807, 2.05) is 0 Å². The maximum atomic E-state index is 5.21. The lowest BCUT2D eigenvalue weighted by molar-refractivity contribution is 0.0484. The first-order valence-corrected chi connectivity index (χ1v) is 3.54. The fourth-order valence-corrected chi connectivity index (χ4v) is 1.22. The van der Waals surface area contributed by atoms with Crippen molar-refractivity contribution >= 4 is 0 Å². The van der Waals surface area contributed by atoms with Crippen molar-refractivity contribution in [3.05, 3.63) is 0 Å². The number of ether oxygens (including phenoxy) is 1. The number of piperidine rings is 1. The van der Waals surface area contributed by atoms with Crippen molar-refractivity contribution in [3.63, 3.8) is 0 Å². The van der Waals surface area contributed by atoms with Crippen LogP contribution in [0.5, 0.6) is 0 Å². The SMILES string of the molecule is C.COC1CCN(C)CC1. The molecule has 10 heavy (non-hydrogen) atoms. The van der Waals surface area contributed by atoms with E-state index >= 15 is 0 Å². The van der Waals surface area contributed by atoms with Crippen molar-refractivity contribution in [1.29, 1.82) is 0 Å². The van der Waals surface area contributed by atoms with Crippen LogP contribution in [-0.2, 0) is 4.74 Å². The predicted octanol–water partition coefficient (Wildman–Crippen LogP) is 1.36. The van der Waals surface area contributed by atoms with E-state index in [1.165, 1.54) is 25.9 Å². The molecule has 0 aromatic carbocycles. The van der Waals surface area contributed by atoms with Crippen LogP contribution in [-0.4, -0.2) is 38.3 Å². The highest BCUT2D eigenvalue weighted by molar-refractivity contribution is 4.68. The molecule has 0 aromatic rings. The number of methoxy groups -OCH3 is 1. The van der Waals surface area contributed by atoms with Crippen molar-refractivity contribution in [2.75, 3.05) is 27.2 Å². The third kappa shape index (κ3) is 2.67. The van der Waals surface area contributed by atoms with Crippen LogP contribution in [0.3, 0.4) is 0 Å². The van der Waals surface area contributed by atoms with Gasteiger partial charge in [-0.15, -0.1) is 0 Å². The molecule has 0 unspecified atom stereocenters. The topological polar surface area (TPSA) is 12.5 Å². The van der Waals surface area contributed by atoms with Gasteiger partial charge >= 0.3 is 0 Å². The minimum Gasteiger partial charge on any atom is -0.381 e. The van der Waals surface area contributed by atoms with Gasteiger partial charge in [0.15, 0.2) is 0 Å². The van der Waals surface area contributed by atoms with E-state index in [0.717, 1.165) is 0 Å². The Hall–Kier alpha value is -0.0800. The van der Waals surface area contributed by atoms with E-state index in [1.54, 1.807) is 7.11 Å². The summed E-state index contributed by atoms with van der Waals surface area (Å²) in [5.74, 6) is 0. The molecule has 1 aliphatic heterocycles. The number of nitrogens with zero attached hydrogens (tertiary/aromatic N) is 1. The second-order valence-corrected chi connectivity index (χ2v) is 2.74. The molecule has 0 bridgehead atoms. The van der Waals surface area contributed by atoms with Crippen molar-refractivity contribution in [1.82, 2.24) is 4.90 Å². The number of hydrogen-bond donors (Lipinski definition) is 0. The minimum atomic E-state index is 0. The van der Waals surface area contributed by atoms with E-state index < -0.39 is 0 Å². The molecular formula is C8H19NO. The highest BCUT2D eigenvalue weighted by Crippen LogP contribution is 2.10. The van der Waals surface area contributed by atoms with Crippen molar-refractivity contribution in [3.8, 4) is 0 Å². The standard InChI is InChI=1S/C7H15NO.CH4/c1-8-5-3-7(9-2)4-6-8;/h7H,3-6H2,1-2H3;1H4. The molecule has 2 nitrogen and oxygen atoms in total. The Bertz CT molecular complexity index is 77.3. The second kappa shape index (κ2) is 4.69. The lowest BCUT2D eigenvalue weighted by Gasteiger charge is -2.27. The Morgan fingerprint density at radius 1 is 1.30 bits per heavy atom. The average molecular weight is 145 g/mol. The van der Waals surface area contributed by atoms with Gasteiger partial charge in [-0.2, -0.15) is 0 Å². The summed E-state index contributed by atoms with van der Waals surface area (Å²) in [6.45, 7) is 2.39. The molecule has 2 heteroatoms. The summed E-state index contributed by atoms with van der Waals surface area (Å²) in [5.41, 5.74) is 0. The largest absolute Gasteiger partial charge is 0.381 e. The van der Waals surface area contributed by atoms with Gasteiger partial charge in [0.25, 0.3) is 0 Å². The summed E-state index contributed by atoms with van der Waals surface area (Å²) in [7, 11) is 3.96. The zero-order valence-corrected chi connectivity index (χ0v) is 6.26. The zero-order valence-electron chi connectivity index (χ0n) is 6.26. The van der Waals surface area contributed by atoms with Gasteiger partial charge in [-0.25, -0.2) is 0 Å². The third-order valence-corrected chi connectivity index (χ3v) is 2.00. The van der Waals surface area contributed by atoms with Crippen LogP contribution in [0.15, 0.2) is 0 Å². The van der Waals surface area contributed by atoms with E-state index in [-0.39, 0.29) is 7.43 Å². The lowest BCUT2D eigenvalue weighted by Crippen LogP contribution is -2.33. The highest BCUT2D eigenvalue weighted by Gasteiger charge is 2.14. The number of rotatable bonds is 1. The molecule has 0 spiro atoms. The van der Waals surface area contributed by atoms with Crippen molar-refractivity contribution < 1.29 is 4.74 Å². The van der Waals surface area contributed by atoms with Gasteiger partial charge in [-0.3, -0.25) is 0 Å². The Balaban J connectivity index is 0.000000810. The van der Waals surface area contributed by atoms with Gasteiger partial charge in [-0.1, -0.05) is 7.43 Å². The minimum absolute atomic E-state index is 0. The summed E-state index contributed by atoms with van der Waals surface area (Å²) >= 11 is 0. The van der Waals surface area contributed by atoms with Gasteiger partial charge in [0, 0.05) is 20.2 Å². The fraction of sp³-hybridized carbons (Fsp3) is 1.00. The lowest BCUT2D eigenvalue weighted by atomic mass is 10.1. The van der Waals surface area contributed by atoms with Crippen molar-refractivity contribution in [2.24, 2.45) is 0 Å². The second-order valence-electron chi connectivity index (χ2n) is 2.74. The Labute approximate surface area is 64.2 Å². The van der Waals surface area contributed by atoms with Gasteiger partial charge < -0.3 is 9.64 Å². The summed E-state index contributed by atoms with van der Waals surface area (Å²) < 4.78 is 5.21. The first kappa shape index (κ1) is 9.92. The smallest absolute Gasteiger partial charge is 0.0595 e. The Kier molecular flexibility index (Phi) is 4.65. The van der Waals surface area contributed by atoms with E-state index in [0.29, 0.717) is 6.10 Å². The molecule has 0 atom stereocenters. The van der Waals surface area contributed by atoms with Gasteiger partial charge in [0.1, 0.15) is 0 Å². The van der Waals surface area contributed by atoms with E-state index in [9.17, 15) is 0 Å². The molecule has 1 rings (SSSR count). The van der Waals surface area contributed by atoms with E-state index in [2.05, 4.69) is 11.9 Å². The Morgan fingerprint density at radius 2 is 1.80 bits per heavy atom. The molecule has 62 valence electrons. The maximum Gasteiger partial charge on any atom is 0.0595 e. The molecule has 0 radical (unpaired) electrons. The van der Waals surface area contributed by atoms with Crippen LogP contribution in [0.4, 0.5) is 0 Å². The van der Waals surface area contributed by atoms with Crippen LogP contribution in [0, 0.1) is 0 Å². The Morgan fingerprint density at radius 3 is 2.20 bits per heavy atom. The summed E-state index contributed by atoms with van der Waals surface area (Å²) in [4.78, 5) is 2.34. The zero-order chi connectivity index (χ0) is 6.69. The van der Waals surface area contributed by atoms with Crippen LogP contribution in [0.2, 0.25) is 0 Å². The van der Waals surface area contributed by atoms with Crippen LogP contribution in [0.25, 0.3) is 0 Å². The first-order valence-electron chi connectivity index (χ1n) is 3.54. The molecule has 1 saturated heterocycles. The molecular weight excluding hydrogens is 126 g/mol. The molecule has 1 aliphatic rings. The average Bonchev–Trinajstić information content (AvgIpc) is 1.90. The predicted molar refractivity (Wildman–Crippen MR) is 44.3 cm³/mol. The van der Waals surface area contributed by atoms with Crippen LogP contribution >= 0.6 is 0 Å². The van der Waals surface area contributed by atoms with Crippen molar-refractivity contribution in [2.45, 2.75) is 26.4 Å². The molecule has 0 aliphatic carbocycles. The molecule has 1 fully saturated rings. The molecule has 0 saturated carbocycles. The number of likely N-dealkylation sites (tertiary alicyclic amines) is 1. The third-order valence-electron chi connectivity index (χ3n) is 2.00. The van der Waals surface area contributed by atoms with Gasteiger partial charge in [-0.05, 0) is 19.9 Å². The summed E-state index contributed by atoms with van der Waals surface area (Å²) in [6, 6.07) is 0. The van der Waals surface area contributed by atoms with Gasteiger partial charge in [0.2, 0.25) is 0 Å². The molecule has 0 amide bonds. The summed E-state index contributed by atoms with van der Waals surface area (Å²) in [5, 5.41) is 0. The number of hydrogen-bond acceptors (Lipinski definition) is 2. The van der Waals surface area contributed by atoms with Gasteiger partial charge in [0.05, 0.1) is 6.10 Å². The quantitative estimate of drug-likeness (QED) is 0.552. The highest BCUT2D eigenvalue weighted by atomic mass is 16.5. The van der Waals surface area contributed by atoms with Crippen LogP contribution < -0.4 is 0 Å².